The first kappa shape index (κ1) is 62.3. The van der Waals surface area contributed by atoms with Gasteiger partial charge in [0.1, 0.15) is 43.2 Å². The molecule has 9 unspecified atom stereocenters. The van der Waals surface area contributed by atoms with Crippen molar-refractivity contribution in [3.8, 4) is 0 Å². The number of esters is 1. The number of aliphatic hydroxyl groups excluding tert-OH is 10. The van der Waals surface area contributed by atoms with Crippen LogP contribution < -0.4 is 15.5 Å². The van der Waals surface area contributed by atoms with E-state index in [1.54, 1.807) is 43.3 Å². The van der Waals surface area contributed by atoms with Crippen LogP contribution in [0.25, 0.3) is 0 Å². The SMILES string of the molecule is CCOC(=O)CCCCC[N+]1=C(C=CC=CC=CC=C2N(CCC(C)S(=O)(=O)O)c3ccc(C(=O)NCC(O)C(O)C(O)C(O)CO)cc3C2(C)C)C(C)(C)c2cc(C(=O)NCC(O)C(O)C(O)C(O)CO)ccc21. The highest BCUT2D eigenvalue weighted by molar-refractivity contribution is 7.86. The zero-order chi connectivity index (χ0) is 56.0. The Kier molecular flexibility index (Phi) is 23.0. The summed E-state index contributed by atoms with van der Waals surface area (Å²) in [7, 11) is -4.34. The lowest BCUT2D eigenvalue weighted by Crippen LogP contribution is -2.49. The Balaban J connectivity index is 1.58. The van der Waals surface area contributed by atoms with E-state index in [4.69, 9.17) is 14.9 Å². The van der Waals surface area contributed by atoms with E-state index in [0.29, 0.717) is 31.7 Å². The van der Waals surface area contributed by atoms with Crippen molar-refractivity contribution in [1.29, 1.82) is 0 Å². The van der Waals surface area contributed by atoms with Gasteiger partial charge in [0.2, 0.25) is 5.69 Å². The van der Waals surface area contributed by atoms with Crippen molar-refractivity contribution < 1.29 is 87.7 Å². The summed E-state index contributed by atoms with van der Waals surface area (Å²) >= 11 is 0. The molecule has 22 heteroatoms. The second kappa shape index (κ2) is 27.7. The Labute approximate surface area is 438 Å². The average Bonchev–Trinajstić information content (AvgIpc) is 3.72. The Hall–Kier alpha value is -5.21. The number of benzene rings is 2. The van der Waals surface area contributed by atoms with Crippen LogP contribution in [0.5, 0.6) is 0 Å². The molecule has 4 rings (SSSR count). The molecule has 2 aromatic carbocycles. The molecule has 0 aromatic heterocycles. The minimum Gasteiger partial charge on any atom is -0.466 e. The molecule has 13 N–H and O–H groups in total. The normalized spacial score (nSPS) is 19.4. The summed E-state index contributed by atoms with van der Waals surface area (Å²) < 4.78 is 41.0. The van der Waals surface area contributed by atoms with Crippen molar-refractivity contribution in [2.24, 2.45) is 0 Å². The van der Waals surface area contributed by atoms with Gasteiger partial charge in [0, 0.05) is 78.1 Å². The summed E-state index contributed by atoms with van der Waals surface area (Å²) in [5, 5.41) is 103. The highest BCUT2D eigenvalue weighted by atomic mass is 32.2. The van der Waals surface area contributed by atoms with E-state index < -0.39 is 113 Å². The van der Waals surface area contributed by atoms with Crippen LogP contribution in [0.2, 0.25) is 0 Å². The molecular weight excluding hydrogens is 997 g/mol. The topological polar surface area (TPSA) is 347 Å². The number of carbonyl (C=O) groups excluding carboxylic acids is 3. The van der Waals surface area contributed by atoms with E-state index in [1.165, 1.54) is 6.92 Å². The van der Waals surface area contributed by atoms with Crippen LogP contribution in [0.4, 0.5) is 11.4 Å². The summed E-state index contributed by atoms with van der Waals surface area (Å²) in [5.74, 6) is -1.43. The van der Waals surface area contributed by atoms with Gasteiger partial charge in [0.05, 0.1) is 42.7 Å². The van der Waals surface area contributed by atoms with E-state index in [9.17, 15) is 68.2 Å². The highest BCUT2D eigenvalue weighted by Crippen LogP contribution is 2.48. The molecule has 2 amide bonds. The fraction of sp³-hybridized carbons (Fsp3) is 0.547. The fourth-order valence-electron chi connectivity index (χ4n) is 8.98. The van der Waals surface area contributed by atoms with Crippen molar-refractivity contribution in [2.75, 3.05) is 50.9 Å². The number of allylic oxidation sites excluding steroid dienone is 8. The summed E-state index contributed by atoms with van der Waals surface area (Å²) in [6, 6.07) is 10.1. The number of ether oxygens (including phenoxy) is 1. The van der Waals surface area contributed by atoms with Gasteiger partial charge < -0.3 is 71.3 Å². The van der Waals surface area contributed by atoms with Crippen LogP contribution >= 0.6 is 0 Å². The molecule has 21 nitrogen and oxygen atoms in total. The summed E-state index contributed by atoms with van der Waals surface area (Å²) in [6.45, 7) is 9.52. The van der Waals surface area contributed by atoms with E-state index in [-0.39, 0.29) is 30.1 Å². The Morgan fingerprint density at radius 1 is 0.707 bits per heavy atom. The Bertz CT molecular complexity index is 2560. The van der Waals surface area contributed by atoms with Crippen LogP contribution in [0.15, 0.2) is 84.6 Å². The van der Waals surface area contributed by atoms with Crippen LogP contribution in [-0.4, -0.2) is 192 Å². The van der Waals surface area contributed by atoms with Gasteiger partial charge in [-0.25, -0.2) is 0 Å². The molecule has 416 valence electrons. The van der Waals surface area contributed by atoms with Gasteiger partial charge >= 0.3 is 5.97 Å². The number of rotatable bonds is 29. The van der Waals surface area contributed by atoms with Crippen molar-refractivity contribution >= 4 is 45.0 Å². The predicted molar refractivity (Wildman–Crippen MR) is 279 cm³/mol. The minimum atomic E-state index is -4.34. The van der Waals surface area contributed by atoms with Crippen molar-refractivity contribution in [2.45, 2.75) is 139 Å². The molecule has 0 spiro atoms. The second-order valence-corrected chi connectivity index (χ2v) is 21.7. The highest BCUT2D eigenvalue weighted by Gasteiger charge is 2.45. The van der Waals surface area contributed by atoms with Gasteiger partial charge in [0.15, 0.2) is 5.71 Å². The maximum Gasteiger partial charge on any atom is 0.305 e. The molecule has 0 saturated carbocycles. The van der Waals surface area contributed by atoms with Crippen molar-refractivity contribution in [1.82, 2.24) is 10.6 Å². The maximum absolute atomic E-state index is 13.3. The first-order valence-corrected chi connectivity index (χ1v) is 26.5. The molecule has 75 heavy (non-hydrogen) atoms. The predicted octanol–water partition coefficient (Wildman–Crippen LogP) is 0.534. The lowest BCUT2D eigenvalue weighted by Gasteiger charge is -2.27. The summed E-state index contributed by atoms with van der Waals surface area (Å²) in [6.07, 6.45) is 1.33. The number of hydrogen-bond acceptors (Lipinski definition) is 17. The number of aliphatic hydroxyl groups is 10. The van der Waals surface area contributed by atoms with Gasteiger partial charge in [0.25, 0.3) is 21.9 Å². The number of anilines is 1. The van der Waals surface area contributed by atoms with Gasteiger partial charge in [-0.05, 0) is 88.9 Å². The number of hydrogen-bond donors (Lipinski definition) is 13. The molecule has 2 aliphatic rings. The summed E-state index contributed by atoms with van der Waals surface area (Å²) in [5.41, 5.74) is 3.89. The first-order valence-electron chi connectivity index (χ1n) is 25.0. The third-order valence-corrected chi connectivity index (χ3v) is 14.9. The van der Waals surface area contributed by atoms with Gasteiger partial charge in [-0.1, -0.05) is 44.2 Å². The van der Waals surface area contributed by atoms with Gasteiger partial charge in [-0.2, -0.15) is 13.0 Å². The number of amides is 2. The van der Waals surface area contributed by atoms with Crippen molar-refractivity contribution in [3.05, 3.63) is 107 Å². The molecule has 0 radical (unpaired) electrons. The fourth-order valence-corrected chi connectivity index (χ4v) is 9.38. The van der Waals surface area contributed by atoms with Crippen LogP contribution in [0.3, 0.4) is 0 Å². The quantitative estimate of drug-likeness (QED) is 0.0174. The molecule has 2 aromatic rings. The lowest BCUT2D eigenvalue weighted by atomic mass is 9.80. The van der Waals surface area contributed by atoms with Gasteiger partial charge in [-0.3, -0.25) is 18.9 Å². The number of unbranched alkanes of at least 4 members (excludes halogenated alkanes) is 2. The standard InChI is InChI=1S/C53H76N4O17S/c1-7-74-45(64)18-14-11-15-24-56-37-21-19-33(50(69)54-28-39(60)46(65)48(67)41(62)30-58)26-35(37)52(3,4)43(56)16-12-9-8-10-13-17-44-53(5,6)36-27-34(20-22-38(36)57(44)25-23-32(2)75(71,72)73)51(70)55-29-40(61)47(66)49(68)42(63)31-59/h8-10,12-13,16-17,19-22,26-27,32,39-42,46-49,58-63,65-68H,7,11,14-15,18,23-25,28-31H2,1-6H3,(H2-,54,55,69,70,71,72,73)/p+1. The Morgan fingerprint density at radius 2 is 1.23 bits per heavy atom. The number of nitrogens with zero attached hydrogens (tertiary/aromatic N) is 2. The second-order valence-electron chi connectivity index (χ2n) is 19.8. The first-order chi connectivity index (χ1) is 35.2. The molecular formula is C53H77N4O17S+. The van der Waals surface area contributed by atoms with E-state index in [2.05, 4.69) is 15.2 Å². The maximum atomic E-state index is 13.3. The van der Waals surface area contributed by atoms with E-state index >= 15 is 0 Å². The minimum absolute atomic E-state index is 0.0671. The largest absolute Gasteiger partial charge is 0.466 e. The smallest absolute Gasteiger partial charge is 0.305 e. The van der Waals surface area contributed by atoms with Crippen LogP contribution in [0.1, 0.15) is 105 Å². The number of carbonyl (C=O) groups is 3. The van der Waals surface area contributed by atoms with E-state index in [0.717, 1.165) is 41.1 Å². The molecule has 9 atom stereocenters. The lowest BCUT2D eigenvalue weighted by molar-refractivity contribution is -0.438. The molecule has 0 aliphatic carbocycles. The third kappa shape index (κ3) is 15.9. The Morgan fingerprint density at radius 3 is 1.77 bits per heavy atom. The third-order valence-electron chi connectivity index (χ3n) is 13.7. The van der Waals surface area contributed by atoms with Crippen LogP contribution in [-0.2, 0) is 30.5 Å². The zero-order valence-electron chi connectivity index (χ0n) is 43.4. The molecule has 0 fully saturated rings. The number of fused-ring (bicyclic) bond motifs is 2. The van der Waals surface area contributed by atoms with Crippen molar-refractivity contribution in [3.63, 3.8) is 0 Å². The van der Waals surface area contributed by atoms with Gasteiger partial charge in [-0.15, -0.1) is 0 Å². The molecule has 0 bridgehead atoms. The monoisotopic (exact) mass is 1070 g/mol. The molecule has 2 aliphatic heterocycles. The molecule has 2 heterocycles. The van der Waals surface area contributed by atoms with E-state index in [1.807, 2.05) is 75.1 Å². The van der Waals surface area contributed by atoms with Crippen LogP contribution in [0, 0.1) is 0 Å². The number of nitrogens with one attached hydrogen (secondary N) is 2. The average molecular weight is 1070 g/mol. The summed E-state index contributed by atoms with van der Waals surface area (Å²) in [4.78, 5) is 40.5. The molecule has 0 saturated heterocycles. The zero-order valence-corrected chi connectivity index (χ0v) is 44.2.